The predicted molar refractivity (Wildman–Crippen MR) is 94.8 cm³/mol. The van der Waals surface area contributed by atoms with E-state index < -0.39 is 5.60 Å². The standard InChI is InChI=1S/C18H18FN3O2S/c1-18(24,16-4-3-9-25-16)11-20-17(23)15-10-14(21-22(15)2)12-5-7-13(19)8-6-12/h3-10,24H,11H2,1-2H3,(H,20,23)/t18-/m1/s1. The molecule has 2 N–H and O–H groups in total. The number of nitrogens with zero attached hydrogens (tertiary/aromatic N) is 2. The molecule has 5 nitrogen and oxygen atoms in total. The van der Waals surface area contributed by atoms with Gasteiger partial charge in [0.15, 0.2) is 0 Å². The van der Waals surface area contributed by atoms with Crippen molar-refractivity contribution in [3.8, 4) is 11.3 Å². The van der Waals surface area contributed by atoms with Crippen LogP contribution in [0.1, 0.15) is 22.3 Å². The van der Waals surface area contributed by atoms with Gasteiger partial charge in [-0.3, -0.25) is 9.48 Å². The third kappa shape index (κ3) is 3.78. The fourth-order valence-corrected chi connectivity index (χ4v) is 3.24. The Balaban J connectivity index is 1.73. The number of hydrogen-bond donors (Lipinski definition) is 2. The van der Waals surface area contributed by atoms with Crippen molar-refractivity contribution in [3.63, 3.8) is 0 Å². The Morgan fingerprint density at radius 3 is 2.72 bits per heavy atom. The van der Waals surface area contributed by atoms with Crippen LogP contribution < -0.4 is 5.32 Å². The number of aryl methyl sites for hydroxylation is 1. The van der Waals surface area contributed by atoms with Gasteiger partial charge in [0.2, 0.25) is 0 Å². The number of benzene rings is 1. The molecule has 0 saturated carbocycles. The van der Waals surface area contributed by atoms with E-state index in [1.54, 1.807) is 32.2 Å². The maximum atomic E-state index is 13.0. The molecule has 0 bridgehead atoms. The minimum Gasteiger partial charge on any atom is -0.383 e. The minimum atomic E-state index is -1.14. The molecule has 130 valence electrons. The molecule has 7 heteroatoms. The normalized spacial score (nSPS) is 13.4. The lowest BCUT2D eigenvalue weighted by atomic mass is 10.1. The van der Waals surface area contributed by atoms with Gasteiger partial charge in [-0.15, -0.1) is 11.3 Å². The lowest BCUT2D eigenvalue weighted by molar-refractivity contribution is 0.0554. The van der Waals surface area contributed by atoms with Crippen LogP contribution in [-0.2, 0) is 12.6 Å². The first-order valence-corrected chi connectivity index (χ1v) is 8.59. The highest BCUT2D eigenvalue weighted by atomic mass is 32.1. The highest BCUT2D eigenvalue weighted by Gasteiger charge is 2.26. The molecular formula is C18H18FN3O2S. The monoisotopic (exact) mass is 359 g/mol. The van der Waals surface area contributed by atoms with Gasteiger partial charge < -0.3 is 10.4 Å². The lowest BCUT2D eigenvalue weighted by Crippen LogP contribution is -2.38. The van der Waals surface area contributed by atoms with Crippen molar-refractivity contribution in [1.29, 1.82) is 0 Å². The van der Waals surface area contributed by atoms with E-state index in [0.717, 1.165) is 10.4 Å². The van der Waals surface area contributed by atoms with E-state index in [4.69, 9.17) is 0 Å². The van der Waals surface area contributed by atoms with E-state index in [1.807, 2.05) is 17.5 Å². The smallest absolute Gasteiger partial charge is 0.269 e. The number of amides is 1. The molecule has 2 heterocycles. The average molecular weight is 359 g/mol. The fraction of sp³-hybridized carbons (Fsp3) is 0.222. The van der Waals surface area contributed by atoms with Crippen LogP contribution in [0.4, 0.5) is 4.39 Å². The summed E-state index contributed by atoms with van der Waals surface area (Å²) in [7, 11) is 1.67. The number of aliphatic hydroxyl groups is 1. The number of carbonyl (C=O) groups excluding carboxylic acids is 1. The zero-order valence-corrected chi connectivity index (χ0v) is 14.7. The van der Waals surface area contributed by atoms with Crippen molar-refractivity contribution >= 4 is 17.2 Å². The summed E-state index contributed by atoms with van der Waals surface area (Å²) in [4.78, 5) is 13.2. The van der Waals surface area contributed by atoms with Gasteiger partial charge in [0, 0.05) is 17.5 Å². The van der Waals surface area contributed by atoms with Gasteiger partial charge in [-0.1, -0.05) is 6.07 Å². The Labute approximate surface area is 148 Å². The number of rotatable bonds is 5. The number of nitrogens with one attached hydrogen (secondary N) is 1. The zero-order chi connectivity index (χ0) is 18.0. The maximum absolute atomic E-state index is 13.0. The molecular weight excluding hydrogens is 341 g/mol. The summed E-state index contributed by atoms with van der Waals surface area (Å²) in [5, 5.41) is 19.4. The predicted octanol–water partition coefficient (Wildman–Crippen LogP) is 2.93. The molecule has 3 aromatic rings. The molecule has 0 radical (unpaired) electrons. The summed E-state index contributed by atoms with van der Waals surface area (Å²) in [6.45, 7) is 1.75. The average Bonchev–Trinajstić information content (AvgIpc) is 3.23. The second kappa shape index (κ2) is 6.78. The third-order valence-corrected chi connectivity index (χ3v) is 5.02. The SMILES string of the molecule is Cn1nc(-c2ccc(F)cc2)cc1C(=O)NC[C@@](C)(O)c1cccs1. The van der Waals surface area contributed by atoms with Gasteiger partial charge in [-0.05, 0) is 48.7 Å². The maximum Gasteiger partial charge on any atom is 0.269 e. The van der Waals surface area contributed by atoms with Crippen LogP contribution >= 0.6 is 11.3 Å². The first-order valence-electron chi connectivity index (χ1n) is 7.71. The van der Waals surface area contributed by atoms with Crippen LogP contribution in [0.25, 0.3) is 11.3 Å². The van der Waals surface area contributed by atoms with E-state index in [0.29, 0.717) is 11.4 Å². The van der Waals surface area contributed by atoms with Crippen LogP contribution in [0.3, 0.4) is 0 Å². The largest absolute Gasteiger partial charge is 0.383 e. The van der Waals surface area contributed by atoms with Crippen LogP contribution in [-0.4, -0.2) is 27.3 Å². The molecule has 0 saturated heterocycles. The van der Waals surface area contributed by atoms with Crippen molar-refractivity contribution in [3.05, 3.63) is 64.2 Å². The van der Waals surface area contributed by atoms with E-state index in [-0.39, 0.29) is 18.3 Å². The van der Waals surface area contributed by atoms with Crippen molar-refractivity contribution in [2.24, 2.45) is 7.05 Å². The first-order chi connectivity index (χ1) is 11.9. The summed E-state index contributed by atoms with van der Waals surface area (Å²) in [6, 6.07) is 11.2. The van der Waals surface area contributed by atoms with E-state index in [1.165, 1.54) is 28.2 Å². The molecule has 0 aliphatic carbocycles. The van der Waals surface area contributed by atoms with Gasteiger partial charge in [-0.25, -0.2) is 4.39 Å². The molecule has 25 heavy (non-hydrogen) atoms. The summed E-state index contributed by atoms with van der Waals surface area (Å²) < 4.78 is 14.5. The van der Waals surface area contributed by atoms with Crippen LogP contribution in [0.5, 0.6) is 0 Å². The summed E-state index contributed by atoms with van der Waals surface area (Å²) in [6.07, 6.45) is 0. The highest BCUT2D eigenvalue weighted by molar-refractivity contribution is 7.10. The Morgan fingerprint density at radius 2 is 2.08 bits per heavy atom. The summed E-state index contributed by atoms with van der Waals surface area (Å²) in [5.74, 6) is -0.659. The molecule has 1 atom stereocenters. The second-order valence-corrected chi connectivity index (χ2v) is 6.93. The molecule has 1 amide bonds. The zero-order valence-electron chi connectivity index (χ0n) is 13.9. The molecule has 0 aliphatic heterocycles. The number of thiophene rings is 1. The molecule has 0 fully saturated rings. The van der Waals surface area contributed by atoms with Crippen LogP contribution in [0.15, 0.2) is 47.8 Å². The number of hydrogen-bond acceptors (Lipinski definition) is 4. The topological polar surface area (TPSA) is 67.2 Å². The third-order valence-electron chi connectivity index (χ3n) is 3.90. The highest BCUT2D eigenvalue weighted by Crippen LogP contribution is 2.24. The number of halogens is 1. The number of carbonyl (C=O) groups is 1. The first kappa shape index (κ1) is 17.3. The van der Waals surface area contributed by atoms with Gasteiger partial charge in [-0.2, -0.15) is 5.10 Å². The van der Waals surface area contributed by atoms with Crippen LogP contribution in [0.2, 0.25) is 0 Å². The Hall–Kier alpha value is -2.51. The number of aromatic nitrogens is 2. The molecule has 2 aromatic heterocycles. The minimum absolute atomic E-state index is 0.0867. The van der Waals surface area contributed by atoms with E-state index in [2.05, 4.69) is 10.4 Å². The Morgan fingerprint density at radius 1 is 1.36 bits per heavy atom. The summed E-state index contributed by atoms with van der Waals surface area (Å²) in [5.41, 5.74) is 0.531. The van der Waals surface area contributed by atoms with E-state index in [9.17, 15) is 14.3 Å². The Bertz CT molecular complexity index is 870. The van der Waals surface area contributed by atoms with Crippen molar-refractivity contribution in [2.45, 2.75) is 12.5 Å². The molecule has 0 spiro atoms. The van der Waals surface area contributed by atoms with Gasteiger partial charge in [0.1, 0.15) is 17.1 Å². The van der Waals surface area contributed by atoms with Gasteiger partial charge in [0.05, 0.1) is 12.2 Å². The van der Waals surface area contributed by atoms with Crippen molar-refractivity contribution in [1.82, 2.24) is 15.1 Å². The fourth-order valence-electron chi connectivity index (χ4n) is 2.46. The molecule has 3 rings (SSSR count). The Kier molecular flexibility index (Phi) is 4.69. The van der Waals surface area contributed by atoms with Gasteiger partial charge >= 0.3 is 0 Å². The van der Waals surface area contributed by atoms with E-state index >= 15 is 0 Å². The van der Waals surface area contributed by atoms with Crippen LogP contribution in [0, 0.1) is 5.82 Å². The van der Waals surface area contributed by atoms with Gasteiger partial charge in [0.25, 0.3) is 5.91 Å². The van der Waals surface area contributed by atoms with Crippen molar-refractivity contribution < 1.29 is 14.3 Å². The molecule has 0 unspecified atom stereocenters. The quantitative estimate of drug-likeness (QED) is 0.736. The molecule has 1 aromatic carbocycles. The second-order valence-electron chi connectivity index (χ2n) is 5.98. The molecule has 0 aliphatic rings. The summed E-state index contributed by atoms with van der Waals surface area (Å²) >= 11 is 1.43. The van der Waals surface area contributed by atoms with Crippen molar-refractivity contribution in [2.75, 3.05) is 6.54 Å². The lowest BCUT2D eigenvalue weighted by Gasteiger charge is -2.22.